The second-order valence-corrected chi connectivity index (χ2v) is 5.30. The van der Waals surface area contributed by atoms with Crippen LogP contribution in [-0.4, -0.2) is 39.8 Å². The van der Waals surface area contributed by atoms with E-state index in [1.165, 1.54) is 11.8 Å². The van der Waals surface area contributed by atoms with Gasteiger partial charge in [-0.15, -0.1) is 11.8 Å². The summed E-state index contributed by atoms with van der Waals surface area (Å²) in [5.74, 6) is 0.165. The van der Waals surface area contributed by atoms with Gasteiger partial charge in [0, 0.05) is 17.1 Å². The largest absolute Gasteiger partial charge is 0.399 e. The number of benzene rings is 1. The van der Waals surface area contributed by atoms with Gasteiger partial charge in [-0.25, -0.2) is 0 Å². The van der Waals surface area contributed by atoms with Crippen molar-refractivity contribution in [2.24, 2.45) is 0 Å². The van der Waals surface area contributed by atoms with Gasteiger partial charge in [-0.3, -0.25) is 4.79 Å². The van der Waals surface area contributed by atoms with Crippen LogP contribution in [0.1, 0.15) is 6.92 Å². The standard InChI is InChI=1S/C12H18N2O3S/c1-8(18-7-11(16)6-15)12(17)14-10-4-2-3-9(13)5-10/h2-5,8,11,15-16H,6-7,13H2,1H3,(H,14,17). The topological polar surface area (TPSA) is 95.6 Å². The van der Waals surface area contributed by atoms with Crippen LogP contribution in [0.3, 0.4) is 0 Å². The molecule has 1 amide bonds. The summed E-state index contributed by atoms with van der Waals surface area (Å²) >= 11 is 1.29. The first-order chi connectivity index (χ1) is 8.52. The van der Waals surface area contributed by atoms with E-state index in [1.54, 1.807) is 31.2 Å². The number of aliphatic hydroxyl groups is 2. The molecule has 0 saturated carbocycles. The van der Waals surface area contributed by atoms with Gasteiger partial charge in [-0.1, -0.05) is 6.07 Å². The van der Waals surface area contributed by atoms with Crippen molar-refractivity contribution >= 4 is 29.0 Å². The molecule has 1 aromatic rings. The molecule has 0 saturated heterocycles. The lowest BCUT2D eigenvalue weighted by Gasteiger charge is -2.13. The van der Waals surface area contributed by atoms with E-state index in [2.05, 4.69) is 5.32 Å². The highest BCUT2D eigenvalue weighted by atomic mass is 32.2. The van der Waals surface area contributed by atoms with Crippen LogP contribution < -0.4 is 11.1 Å². The van der Waals surface area contributed by atoms with Crippen LogP contribution in [-0.2, 0) is 4.79 Å². The number of thioether (sulfide) groups is 1. The van der Waals surface area contributed by atoms with Crippen LogP contribution in [0.25, 0.3) is 0 Å². The molecule has 0 aliphatic heterocycles. The van der Waals surface area contributed by atoms with E-state index in [0.29, 0.717) is 17.1 Å². The molecule has 0 heterocycles. The number of nitrogen functional groups attached to an aromatic ring is 1. The van der Waals surface area contributed by atoms with Crippen molar-refractivity contribution in [2.45, 2.75) is 18.3 Å². The first-order valence-electron chi connectivity index (χ1n) is 5.60. The highest BCUT2D eigenvalue weighted by Gasteiger charge is 2.15. The Balaban J connectivity index is 2.45. The first kappa shape index (κ1) is 14.8. The highest BCUT2D eigenvalue weighted by Crippen LogP contribution is 2.16. The number of amides is 1. The molecule has 0 radical (unpaired) electrons. The monoisotopic (exact) mass is 270 g/mol. The summed E-state index contributed by atoms with van der Waals surface area (Å²) in [5.41, 5.74) is 6.84. The van der Waals surface area contributed by atoms with E-state index in [0.717, 1.165) is 0 Å². The van der Waals surface area contributed by atoms with Crippen molar-refractivity contribution in [3.8, 4) is 0 Å². The maximum absolute atomic E-state index is 11.8. The number of hydrogen-bond acceptors (Lipinski definition) is 5. The molecule has 0 aromatic heterocycles. The Kier molecular flexibility index (Phi) is 5.97. The number of rotatable bonds is 6. The lowest BCUT2D eigenvalue weighted by Crippen LogP contribution is -2.25. The van der Waals surface area contributed by atoms with Crippen molar-refractivity contribution < 1.29 is 15.0 Å². The Morgan fingerprint density at radius 2 is 2.28 bits per heavy atom. The second-order valence-electron chi connectivity index (χ2n) is 3.93. The molecular formula is C12H18N2O3S. The lowest BCUT2D eigenvalue weighted by atomic mass is 10.3. The fourth-order valence-corrected chi connectivity index (χ4v) is 2.07. The third kappa shape index (κ3) is 4.95. The summed E-state index contributed by atoms with van der Waals surface area (Å²) in [6.45, 7) is 1.45. The zero-order valence-electron chi connectivity index (χ0n) is 10.2. The van der Waals surface area contributed by atoms with Crippen LogP contribution in [0.15, 0.2) is 24.3 Å². The van der Waals surface area contributed by atoms with Gasteiger partial charge in [-0.2, -0.15) is 0 Å². The minimum absolute atomic E-state index is 0.157. The van der Waals surface area contributed by atoms with E-state index >= 15 is 0 Å². The zero-order valence-corrected chi connectivity index (χ0v) is 11.0. The van der Waals surface area contributed by atoms with Gasteiger partial charge in [0.2, 0.25) is 5.91 Å². The quantitative estimate of drug-likeness (QED) is 0.570. The molecule has 0 fully saturated rings. The molecule has 5 N–H and O–H groups in total. The summed E-state index contributed by atoms with van der Waals surface area (Å²) < 4.78 is 0. The molecule has 2 atom stereocenters. The van der Waals surface area contributed by atoms with Crippen LogP contribution in [0.5, 0.6) is 0 Å². The van der Waals surface area contributed by atoms with E-state index < -0.39 is 6.10 Å². The third-order valence-electron chi connectivity index (χ3n) is 2.27. The van der Waals surface area contributed by atoms with Crippen molar-refractivity contribution in [2.75, 3.05) is 23.4 Å². The molecule has 5 nitrogen and oxygen atoms in total. The van der Waals surface area contributed by atoms with E-state index in [-0.39, 0.29) is 17.8 Å². The molecule has 1 aromatic carbocycles. The van der Waals surface area contributed by atoms with E-state index in [4.69, 9.17) is 10.8 Å². The smallest absolute Gasteiger partial charge is 0.237 e. The van der Waals surface area contributed by atoms with Crippen molar-refractivity contribution in [3.05, 3.63) is 24.3 Å². The molecule has 0 aliphatic rings. The van der Waals surface area contributed by atoms with E-state index in [1.807, 2.05) is 0 Å². The fraction of sp³-hybridized carbons (Fsp3) is 0.417. The van der Waals surface area contributed by atoms with Gasteiger partial charge in [0.15, 0.2) is 0 Å². The molecule has 0 spiro atoms. The average molecular weight is 270 g/mol. The number of anilines is 2. The van der Waals surface area contributed by atoms with Crippen molar-refractivity contribution in [1.29, 1.82) is 0 Å². The number of nitrogens with two attached hydrogens (primary N) is 1. The highest BCUT2D eigenvalue weighted by molar-refractivity contribution is 8.00. The summed E-state index contributed by atoms with van der Waals surface area (Å²) in [6.07, 6.45) is -0.794. The third-order valence-corrected chi connectivity index (χ3v) is 3.56. The number of carbonyl (C=O) groups excluding carboxylic acids is 1. The van der Waals surface area contributed by atoms with Gasteiger partial charge in [0.05, 0.1) is 18.0 Å². The molecule has 2 unspecified atom stereocenters. The Bertz CT molecular complexity index is 401. The number of aliphatic hydroxyl groups excluding tert-OH is 2. The predicted molar refractivity (Wildman–Crippen MR) is 74.5 cm³/mol. The second kappa shape index (κ2) is 7.25. The number of carbonyl (C=O) groups is 1. The maximum Gasteiger partial charge on any atom is 0.237 e. The van der Waals surface area contributed by atoms with Crippen molar-refractivity contribution in [1.82, 2.24) is 0 Å². The van der Waals surface area contributed by atoms with Crippen molar-refractivity contribution in [3.63, 3.8) is 0 Å². The molecule has 18 heavy (non-hydrogen) atoms. The molecule has 6 heteroatoms. The first-order valence-corrected chi connectivity index (χ1v) is 6.64. The summed E-state index contributed by atoms with van der Waals surface area (Å²) in [5, 5.41) is 20.3. The van der Waals surface area contributed by atoms with Gasteiger partial charge in [0.1, 0.15) is 0 Å². The lowest BCUT2D eigenvalue weighted by molar-refractivity contribution is -0.115. The Morgan fingerprint density at radius 1 is 1.56 bits per heavy atom. The van der Waals surface area contributed by atoms with Gasteiger partial charge in [0.25, 0.3) is 0 Å². The van der Waals surface area contributed by atoms with Gasteiger partial charge in [-0.05, 0) is 25.1 Å². The van der Waals surface area contributed by atoms with Gasteiger partial charge < -0.3 is 21.3 Å². The predicted octanol–water partition coefficient (Wildman–Crippen LogP) is 0.682. The van der Waals surface area contributed by atoms with Crippen LogP contribution >= 0.6 is 11.8 Å². The Labute approximate surface area is 110 Å². The summed E-state index contributed by atoms with van der Waals surface area (Å²) in [6, 6.07) is 6.94. The van der Waals surface area contributed by atoms with Crippen LogP contribution in [0, 0.1) is 0 Å². The number of nitrogens with one attached hydrogen (secondary N) is 1. The minimum atomic E-state index is -0.794. The average Bonchev–Trinajstić information content (AvgIpc) is 2.35. The summed E-state index contributed by atoms with van der Waals surface area (Å²) in [4.78, 5) is 11.8. The molecule has 0 bridgehead atoms. The zero-order chi connectivity index (χ0) is 13.5. The normalized spacial score (nSPS) is 13.9. The van der Waals surface area contributed by atoms with Crippen LogP contribution in [0.4, 0.5) is 11.4 Å². The SMILES string of the molecule is CC(SCC(O)CO)C(=O)Nc1cccc(N)c1. The van der Waals surface area contributed by atoms with Crippen LogP contribution in [0.2, 0.25) is 0 Å². The van der Waals surface area contributed by atoms with Gasteiger partial charge >= 0.3 is 0 Å². The Morgan fingerprint density at radius 3 is 2.89 bits per heavy atom. The molecule has 1 rings (SSSR count). The molecule has 100 valence electrons. The Hall–Kier alpha value is -1.24. The minimum Gasteiger partial charge on any atom is -0.399 e. The number of hydrogen-bond donors (Lipinski definition) is 4. The molecule has 0 aliphatic carbocycles. The fourth-order valence-electron chi connectivity index (χ4n) is 1.24. The summed E-state index contributed by atoms with van der Waals surface area (Å²) in [7, 11) is 0. The van der Waals surface area contributed by atoms with E-state index in [9.17, 15) is 9.90 Å². The maximum atomic E-state index is 11.8. The molecular weight excluding hydrogens is 252 g/mol.